The van der Waals surface area contributed by atoms with Gasteiger partial charge in [0.15, 0.2) is 0 Å². The van der Waals surface area contributed by atoms with Crippen LogP contribution in [0.3, 0.4) is 0 Å². The first-order valence-corrected chi connectivity index (χ1v) is 4.58. The van der Waals surface area contributed by atoms with Gasteiger partial charge in [0.05, 0.1) is 0 Å². The third kappa shape index (κ3) is 0.967. The maximum Gasteiger partial charge on any atom is 0.127 e. The van der Waals surface area contributed by atoms with E-state index in [2.05, 4.69) is 20.8 Å². The van der Waals surface area contributed by atoms with Crippen LogP contribution in [0.1, 0.15) is 33.6 Å². The minimum Gasteiger partial charge on any atom is -0.101 e. The van der Waals surface area contributed by atoms with Crippen LogP contribution in [0.4, 0.5) is 0 Å². The zero-order valence-corrected chi connectivity index (χ0v) is 8.26. The van der Waals surface area contributed by atoms with Crippen LogP contribution < -0.4 is 0 Å². The summed E-state index contributed by atoms with van der Waals surface area (Å²) in [4.78, 5) is 0. The molecule has 0 bridgehead atoms. The van der Waals surface area contributed by atoms with Crippen LogP contribution in [-0.4, -0.2) is 4.33 Å². The maximum atomic E-state index is 6.04. The molecule has 1 saturated carbocycles. The lowest BCUT2D eigenvalue weighted by molar-refractivity contribution is 0.527. The van der Waals surface area contributed by atoms with E-state index in [0.717, 1.165) is 6.42 Å². The van der Waals surface area contributed by atoms with Gasteiger partial charge in [-0.15, -0.1) is 23.2 Å². The highest BCUT2D eigenvalue weighted by Gasteiger charge is 2.68. The third-order valence-electron chi connectivity index (χ3n) is 2.66. The smallest absolute Gasteiger partial charge is 0.101 e. The fraction of sp³-hybridized carbons (Fsp3) is 1.00. The normalized spacial score (nSPS) is 33.9. The zero-order valence-electron chi connectivity index (χ0n) is 6.75. The molecule has 1 aliphatic carbocycles. The molecule has 60 valence electrons. The van der Waals surface area contributed by atoms with Crippen molar-refractivity contribution in [1.29, 1.82) is 0 Å². The highest BCUT2D eigenvalue weighted by atomic mass is 35.5. The largest absolute Gasteiger partial charge is 0.127 e. The first-order valence-electron chi connectivity index (χ1n) is 3.82. The van der Waals surface area contributed by atoms with E-state index in [1.807, 2.05) is 0 Å². The molecule has 0 aliphatic heterocycles. The second-order valence-corrected chi connectivity index (χ2v) is 5.07. The molecule has 1 fully saturated rings. The quantitative estimate of drug-likeness (QED) is 0.570. The van der Waals surface area contributed by atoms with Crippen molar-refractivity contribution in [3.05, 3.63) is 0 Å². The van der Waals surface area contributed by atoms with E-state index in [1.54, 1.807) is 0 Å². The minimum absolute atomic E-state index is 0.145. The summed E-state index contributed by atoms with van der Waals surface area (Å²) in [5.41, 5.74) is 0.145. The first kappa shape index (κ1) is 8.67. The van der Waals surface area contributed by atoms with E-state index in [0.29, 0.717) is 5.92 Å². The molecular formula is C8H14Cl2. The van der Waals surface area contributed by atoms with Crippen molar-refractivity contribution in [2.24, 2.45) is 11.3 Å². The molecule has 0 saturated heterocycles. The van der Waals surface area contributed by atoms with Gasteiger partial charge in [-0.05, 0) is 6.42 Å². The molecule has 0 radical (unpaired) electrons. The Morgan fingerprint density at radius 3 is 1.80 bits per heavy atom. The van der Waals surface area contributed by atoms with Gasteiger partial charge in [0.25, 0.3) is 0 Å². The first-order chi connectivity index (χ1) is 4.44. The Bertz CT molecular complexity index is 124. The molecule has 0 nitrogen and oxygen atoms in total. The highest BCUT2D eigenvalue weighted by molar-refractivity contribution is 6.51. The number of rotatable bonds is 2. The Balaban J connectivity index is 2.54. The van der Waals surface area contributed by atoms with E-state index >= 15 is 0 Å². The molecule has 1 aliphatic rings. The fourth-order valence-corrected chi connectivity index (χ4v) is 2.51. The summed E-state index contributed by atoms with van der Waals surface area (Å²) in [6.45, 7) is 6.43. The minimum atomic E-state index is -0.441. The van der Waals surface area contributed by atoms with Gasteiger partial charge in [0.1, 0.15) is 4.33 Å². The van der Waals surface area contributed by atoms with Crippen molar-refractivity contribution in [1.82, 2.24) is 0 Å². The van der Waals surface area contributed by atoms with Crippen LogP contribution in [0, 0.1) is 11.3 Å². The molecule has 1 unspecified atom stereocenters. The number of hydrogen-bond donors (Lipinski definition) is 0. The molecule has 0 spiro atoms. The predicted molar refractivity (Wildman–Crippen MR) is 46.6 cm³/mol. The van der Waals surface area contributed by atoms with Crippen molar-refractivity contribution in [3.63, 3.8) is 0 Å². The predicted octanol–water partition coefficient (Wildman–Crippen LogP) is 3.62. The number of halogens is 2. The van der Waals surface area contributed by atoms with Crippen LogP contribution in [0.2, 0.25) is 0 Å². The molecule has 0 aromatic carbocycles. The second kappa shape index (κ2) is 2.28. The van der Waals surface area contributed by atoms with Crippen molar-refractivity contribution < 1.29 is 0 Å². The van der Waals surface area contributed by atoms with Gasteiger partial charge in [0, 0.05) is 11.3 Å². The van der Waals surface area contributed by atoms with E-state index in [-0.39, 0.29) is 5.41 Å². The maximum absolute atomic E-state index is 6.04. The summed E-state index contributed by atoms with van der Waals surface area (Å²) in [6, 6.07) is 0. The van der Waals surface area contributed by atoms with Crippen LogP contribution in [0.15, 0.2) is 0 Å². The SMILES string of the molecule is CCCC1C(C)(C)C1(Cl)Cl. The van der Waals surface area contributed by atoms with Gasteiger partial charge >= 0.3 is 0 Å². The summed E-state index contributed by atoms with van der Waals surface area (Å²) >= 11 is 12.1. The molecule has 2 heteroatoms. The monoisotopic (exact) mass is 180 g/mol. The average molecular weight is 181 g/mol. The summed E-state index contributed by atoms with van der Waals surface area (Å²) in [5.74, 6) is 0.508. The molecule has 0 N–H and O–H groups in total. The van der Waals surface area contributed by atoms with Gasteiger partial charge in [0.2, 0.25) is 0 Å². The Morgan fingerprint density at radius 2 is 1.70 bits per heavy atom. The summed E-state index contributed by atoms with van der Waals surface area (Å²) in [5, 5.41) is 0. The van der Waals surface area contributed by atoms with Gasteiger partial charge in [-0.1, -0.05) is 27.2 Å². The van der Waals surface area contributed by atoms with Crippen LogP contribution in [0.5, 0.6) is 0 Å². The molecule has 0 amide bonds. The Hall–Kier alpha value is 0.580. The lowest BCUT2D eigenvalue weighted by Gasteiger charge is -1.99. The number of alkyl halides is 2. The summed E-state index contributed by atoms with van der Waals surface area (Å²) in [7, 11) is 0. The van der Waals surface area contributed by atoms with Crippen LogP contribution in [0.25, 0.3) is 0 Å². The van der Waals surface area contributed by atoms with Crippen molar-refractivity contribution in [3.8, 4) is 0 Å². The molecule has 0 heterocycles. The summed E-state index contributed by atoms with van der Waals surface area (Å²) < 4.78 is -0.441. The number of hydrogen-bond acceptors (Lipinski definition) is 0. The molecule has 0 aromatic heterocycles. The van der Waals surface area contributed by atoms with Crippen molar-refractivity contribution in [2.45, 2.75) is 37.9 Å². The Kier molecular flexibility index (Phi) is 1.98. The summed E-state index contributed by atoms with van der Waals surface area (Å²) in [6.07, 6.45) is 2.33. The molecule has 1 atom stereocenters. The lowest BCUT2D eigenvalue weighted by Crippen LogP contribution is -1.96. The fourth-order valence-electron chi connectivity index (χ4n) is 1.59. The lowest BCUT2D eigenvalue weighted by atomic mass is 10.1. The highest BCUT2D eigenvalue weighted by Crippen LogP contribution is 2.70. The molecule has 1 rings (SSSR count). The van der Waals surface area contributed by atoms with Gasteiger partial charge in [-0.25, -0.2) is 0 Å². The Morgan fingerprint density at radius 1 is 1.30 bits per heavy atom. The van der Waals surface area contributed by atoms with E-state index < -0.39 is 4.33 Å². The van der Waals surface area contributed by atoms with E-state index in [4.69, 9.17) is 23.2 Å². The van der Waals surface area contributed by atoms with Crippen LogP contribution in [-0.2, 0) is 0 Å². The van der Waals surface area contributed by atoms with Gasteiger partial charge in [-0.2, -0.15) is 0 Å². The standard InChI is InChI=1S/C8H14Cl2/c1-4-5-6-7(2,3)8(6,9)10/h6H,4-5H2,1-3H3. The third-order valence-corrected chi connectivity index (χ3v) is 4.16. The molecule has 0 aromatic rings. The van der Waals surface area contributed by atoms with Gasteiger partial charge < -0.3 is 0 Å². The zero-order chi connectivity index (χ0) is 7.99. The average Bonchev–Trinajstić information content (AvgIpc) is 2.13. The van der Waals surface area contributed by atoms with Crippen LogP contribution >= 0.6 is 23.2 Å². The second-order valence-electron chi connectivity index (χ2n) is 3.69. The van der Waals surface area contributed by atoms with E-state index in [9.17, 15) is 0 Å². The molecular weight excluding hydrogens is 167 g/mol. The topological polar surface area (TPSA) is 0 Å². The molecule has 10 heavy (non-hydrogen) atoms. The van der Waals surface area contributed by atoms with Gasteiger partial charge in [-0.3, -0.25) is 0 Å². The van der Waals surface area contributed by atoms with Crippen molar-refractivity contribution in [2.75, 3.05) is 0 Å². The Labute approximate surface area is 72.9 Å². The van der Waals surface area contributed by atoms with E-state index in [1.165, 1.54) is 6.42 Å². The van der Waals surface area contributed by atoms with Crippen molar-refractivity contribution >= 4 is 23.2 Å².